The zero-order valence-corrected chi connectivity index (χ0v) is 13.3. The van der Waals surface area contributed by atoms with Crippen molar-refractivity contribution in [3.05, 3.63) is 47.5 Å². The fraction of sp³-hybridized carbons (Fsp3) is 0.294. The average Bonchev–Trinajstić information content (AvgIpc) is 3.18. The van der Waals surface area contributed by atoms with E-state index in [9.17, 15) is 4.79 Å². The molecule has 23 heavy (non-hydrogen) atoms. The maximum Gasteiger partial charge on any atom is 0.290 e. The van der Waals surface area contributed by atoms with Crippen molar-refractivity contribution in [1.29, 1.82) is 0 Å². The number of methoxy groups -OCH3 is 1. The molecule has 3 aromatic rings. The van der Waals surface area contributed by atoms with Gasteiger partial charge in [-0.25, -0.2) is 0 Å². The quantitative estimate of drug-likeness (QED) is 0.758. The lowest BCUT2D eigenvalue weighted by Crippen LogP contribution is -2.22. The second-order valence-electron chi connectivity index (χ2n) is 5.70. The van der Waals surface area contributed by atoms with Crippen molar-refractivity contribution >= 4 is 16.8 Å². The fourth-order valence-corrected chi connectivity index (χ4v) is 2.32. The summed E-state index contributed by atoms with van der Waals surface area (Å²) >= 11 is 0. The number of H-pyrrole nitrogens is 1. The Hall–Kier alpha value is -2.76. The van der Waals surface area contributed by atoms with Crippen LogP contribution in [0, 0.1) is 0 Å². The summed E-state index contributed by atoms with van der Waals surface area (Å²) in [5.74, 6) is 0.978. The molecule has 0 aliphatic rings. The van der Waals surface area contributed by atoms with Crippen LogP contribution in [0.25, 0.3) is 10.9 Å². The van der Waals surface area contributed by atoms with Gasteiger partial charge in [0, 0.05) is 22.7 Å². The Morgan fingerprint density at radius 3 is 2.87 bits per heavy atom. The molecule has 0 radical (unpaired) electrons. The predicted octanol–water partition coefficient (Wildman–Crippen LogP) is 3.22. The van der Waals surface area contributed by atoms with E-state index in [2.05, 4.69) is 15.5 Å². The van der Waals surface area contributed by atoms with E-state index >= 15 is 0 Å². The minimum atomic E-state index is -0.277. The van der Waals surface area contributed by atoms with Gasteiger partial charge in [0.1, 0.15) is 5.75 Å². The molecule has 2 aromatic heterocycles. The van der Waals surface area contributed by atoms with Gasteiger partial charge in [0.25, 0.3) is 5.91 Å². The second-order valence-corrected chi connectivity index (χ2v) is 5.70. The van der Waals surface area contributed by atoms with Crippen LogP contribution in [-0.4, -0.2) is 23.2 Å². The topological polar surface area (TPSA) is 80.1 Å². The van der Waals surface area contributed by atoms with E-state index in [4.69, 9.17) is 9.26 Å². The van der Waals surface area contributed by atoms with Crippen molar-refractivity contribution in [1.82, 2.24) is 15.5 Å². The lowest BCUT2D eigenvalue weighted by Gasteiger charge is -2.00. The van der Waals surface area contributed by atoms with E-state index in [0.717, 1.165) is 28.0 Å². The Bertz CT molecular complexity index is 833. The zero-order valence-electron chi connectivity index (χ0n) is 13.3. The SMILES string of the molecule is COc1ccc2[nH]c(CNC(=O)c3cc(C(C)C)no3)cc2c1. The summed E-state index contributed by atoms with van der Waals surface area (Å²) in [5, 5.41) is 7.75. The molecule has 0 fully saturated rings. The van der Waals surface area contributed by atoms with Gasteiger partial charge in [-0.15, -0.1) is 0 Å². The molecule has 2 heterocycles. The molecule has 0 aliphatic carbocycles. The maximum atomic E-state index is 12.1. The van der Waals surface area contributed by atoms with Gasteiger partial charge in [-0.2, -0.15) is 0 Å². The minimum absolute atomic E-state index is 0.226. The number of hydrogen-bond donors (Lipinski definition) is 2. The molecule has 2 N–H and O–H groups in total. The van der Waals surface area contributed by atoms with E-state index < -0.39 is 0 Å². The Balaban J connectivity index is 1.68. The number of fused-ring (bicyclic) bond motifs is 1. The van der Waals surface area contributed by atoms with Crippen LogP contribution >= 0.6 is 0 Å². The zero-order chi connectivity index (χ0) is 16.4. The smallest absolute Gasteiger partial charge is 0.290 e. The van der Waals surface area contributed by atoms with Gasteiger partial charge in [-0.3, -0.25) is 4.79 Å². The highest BCUT2D eigenvalue weighted by Gasteiger charge is 2.14. The van der Waals surface area contributed by atoms with E-state index in [-0.39, 0.29) is 17.6 Å². The van der Waals surface area contributed by atoms with Crippen molar-refractivity contribution in [2.75, 3.05) is 7.11 Å². The van der Waals surface area contributed by atoms with Crippen LogP contribution in [-0.2, 0) is 6.54 Å². The first kappa shape index (κ1) is 15.1. The number of aromatic nitrogens is 2. The Morgan fingerprint density at radius 1 is 1.35 bits per heavy atom. The van der Waals surface area contributed by atoms with Gasteiger partial charge in [0.05, 0.1) is 19.3 Å². The van der Waals surface area contributed by atoms with E-state index in [1.54, 1.807) is 13.2 Å². The van der Waals surface area contributed by atoms with Crippen LogP contribution in [0.5, 0.6) is 5.75 Å². The van der Waals surface area contributed by atoms with Crippen molar-refractivity contribution in [2.24, 2.45) is 0 Å². The van der Waals surface area contributed by atoms with Crippen LogP contribution in [0.15, 0.2) is 34.9 Å². The molecule has 0 spiro atoms. The second kappa shape index (κ2) is 6.16. The molecular weight excluding hydrogens is 294 g/mol. The van der Waals surface area contributed by atoms with Gasteiger partial charge >= 0.3 is 0 Å². The Kier molecular flexibility index (Phi) is 4.06. The molecule has 1 amide bonds. The normalized spacial score (nSPS) is 11.1. The fourth-order valence-electron chi connectivity index (χ4n) is 2.32. The molecule has 1 aromatic carbocycles. The minimum Gasteiger partial charge on any atom is -0.497 e. The predicted molar refractivity (Wildman–Crippen MR) is 86.6 cm³/mol. The standard InChI is InChI=1S/C17H19N3O3/c1-10(2)15-8-16(23-20-15)17(21)18-9-12-6-11-7-13(22-3)4-5-14(11)19-12/h4-8,10,19H,9H2,1-3H3,(H,18,21). The van der Waals surface area contributed by atoms with E-state index in [1.807, 2.05) is 38.1 Å². The molecule has 0 unspecified atom stereocenters. The number of amides is 1. The molecule has 6 nitrogen and oxygen atoms in total. The number of rotatable bonds is 5. The number of carbonyl (C=O) groups excluding carboxylic acids is 1. The highest BCUT2D eigenvalue weighted by atomic mass is 16.5. The first-order valence-electron chi connectivity index (χ1n) is 7.47. The first-order chi connectivity index (χ1) is 11.1. The third-order valence-electron chi connectivity index (χ3n) is 3.67. The van der Waals surface area contributed by atoms with E-state index in [0.29, 0.717) is 6.54 Å². The van der Waals surface area contributed by atoms with Crippen LogP contribution < -0.4 is 10.1 Å². The van der Waals surface area contributed by atoms with Gasteiger partial charge in [0.2, 0.25) is 5.76 Å². The highest BCUT2D eigenvalue weighted by molar-refractivity contribution is 5.91. The molecule has 0 saturated heterocycles. The third-order valence-corrected chi connectivity index (χ3v) is 3.67. The van der Waals surface area contributed by atoms with Gasteiger partial charge in [0.15, 0.2) is 0 Å². The van der Waals surface area contributed by atoms with Crippen LogP contribution in [0.3, 0.4) is 0 Å². The number of ether oxygens (including phenoxy) is 1. The third kappa shape index (κ3) is 3.21. The molecule has 0 saturated carbocycles. The van der Waals surface area contributed by atoms with Crippen LogP contribution in [0.1, 0.15) is 41.7 Å². The molecule has 3 rings (SSSR count). The molecular formula is C17H19N3O3. The summed E-state index contributed by atoms with van der Waals surface area (Å²) in [6.45, 7) is 4.38. The number of benzene rings is 1. The molecule has 0 atom stereocenters. The largest absolute Gasteiger partial charge is 0.497 e. The lowest BCUT2D eigenvalue weighted by molar-refractivity contribution is 0.0913. The number of nitrogens with zero attached hydrogens (tertiary/aromatic N) is 1. The lowest BCUT2D eigenvalue weighted by atomic mass is 10.1. The number of hydrogen-bond acceptors (Lipinski definition) is 4. The highest BCUT2D eigenvalue weighted by Crippen LogP contribution is 2.21. The monoisotopic (exact) mass is 313 g/mol. The summed E-state index contributed by atoms with van der Waals surface area (Å²) in [6, 6.07) is 9.45. The number of aromatic amines is 1. The van der Waals surface area contributed by atoms with Crippen molar-refractivity contribution in [3.63, 3.8) is 0 Å². The maximum absolute atomic E-state index is 12.1. The van der Waals surface area contributed by atoms with Crippen molar-refractivity contribution < 1.29 is 14.1 Å². The number of nitrogens with one attached hydrogen (secondary N) is 2. The summed E-state index contributed by atoms with van der Waals surface area (Å²) < 4.78 is 10.3. The summed E-state index contributed by atoms with van der Waals surface area (Å²) in [7, 11) is 1.64. The Labute approximate surface area is 133 Å². The number of carbonyl (C=O) groups is 1. The van der Waals surface area contributed by atoms with Gasteiger partial charge < -0.3 is 19.6 Å². The summed E-state index contributed by atoms with van der Waals surface area (Å²) in [6.07, 6.45) is 0. The molecule has 120 valence electrons. The van der Waals surface area contributed by atoms with E-state index in [1.165, 1.54) is 0 Å². The Morgan fingerprint density at radius 2 is 2.17 bits per heavy atom. The van der Waals surface area contributed by atoms with Gasteiger partial charge in [-0.05, 0) is 30.2 Å². The van der Waals surface area contributed by atoms with Gasteiger partial charge in [-0.1, -0.05) is 19.0 Å². The molecule has 0 bridgehead atoms. The van der Waals surface area contributed by atoms with Crippen molar-refractivity contribution in [3.8, 4) is 5.75 Å². The first-order valence-corrected chi connectivity index (χ1v) is 7.47. The van der Waals surface area contributed by atoms with Crippen LogP contribution in [0.4, 0.5) is 0 Å². The molecule has 6 heteroatoms. The van der Waals surface area contributed by atoms with Crippen LogP contribution in [0.2, 0.25) is 0 Å². The summed E-state index contributed by atoms with van der Waals surface area (Å²) in [4.78, 5) is 15.4. The average molecular weight is 313 g/mol. The molecule has 0 aliphatic heterocycles. The summed E-state index contributed by atoms with van der Waals surface area (Å²) in [5.41, 5.74) is 2.68. The van der Waals surface area contributed by atoms with Crippen molar-refractivity contribution in [2.45, 2.75) is 26.3 Å².